The van der Waals surface area contributed by atoms with Gasteiger partial charge in [0.2, 0.25) is 0 Å². The largest absolute Gasteiger partial charge is 0.493 e. The van der Waals surface area contributed by atoms with Crippen molar-refractivity contribution in [2.24, 2.45) is 0 Å². The predicted molar refractivity (Wildman–Crippen MR) is 96.0 cm³/mol. The third-order valence-corrected chi connectivity index (χ3v) is 3.46. The number of benzene rings is 2. The molecule has 0 heterocycles. The fourth-order valence-corrected chi connectivity index (χ4v) is 2.24. The van der Waals surface area contributed by atoms with Crippen molar-refractivity contribution < 1.29 is 14.3 Å². The smallest absolute Gasteiger partial charge is 0.262 e. The molecule has 1 N–H and O–H groups in total. The van der Waals surface area contributed by atoms with Crippen LogP contribution >= 0.6 is 0 Å². The molecule has 25 heavy (non-hydrogen) atoms. The number of carbonyl (C=O) groups excluding carboxylic acids is 1. The van der Waals surface area contributed by atoms with Crippen molar-refractivity contribution >= 4 is 12.0 Å². The minimum absolute atomic E-state index is 0.0298. The molecule has 5 nitrogen and oxygen atoms in total. The summed E-state index contributed by atoms with van der Waals surface area (Å²) >= 11 is 0. The summed E-state index contributed by atoms with van der Waals surface area (Å²) in [6, 6.07) is 16.7. The van der Waals surface area contributed by atoms with E-state index in [0.29, 0.717) is 30.2 Å². The molecule has 0 aliphatic rings. The molecule has 2 rings (SSSR count). The van der Waals surface area contributed by atoms with Crippen molar-refractivity contribution in [3.8, 4) is 17.6 Å². The number of amides is 1. The number of hydrogen-bond donors (Lipinski definition) is 1. The monoisotopic (exact) mass is 336 g/mol. The van der Waals surface area contributed by atoms with E-state index in [1.54, 1.807) is 25.3 Å². The number of hydrogen-bond acceptors (Lipinski definition) is 4. The van der Waals surface area contributed by atoms with Crippen molar-refractivity contribution in [3.63, 3.8) is 0 Å². The molecule has 0 radical (unpaired) electrons. The normalized spacial score (nSPS) is 10.7. The van der Waals surface area contributed by atoms with Crippen molar-refractivity contribution in [1.82, 2.24) is 5.32 Å². The van der Waals surface area contributed by atoms with Gasteiger partial charge in [-0.25, -0.2) is 0 Å². The summed E-state index contributed by atoms with van der Waals surface area (Å²) in [5, 5.41) is 12.0. The number of rotatable bonds is 7. The van der Waals surface area contributed by atoms with Crippen LogP contribution in [0.5, 0.6) is 11.5 Å². The first kappa shape index (κ1) is 18.1. The fraction of sp³-hybridized carbons (Fsp3) is 0.200. The predicted octanol–water partition coefficient (Wildman–Crippen LogP) is 3.32. The average molecular weight is 336 g/mol. The summed E-state index contributed by atoms with van der Waals surface area (Å²) in [5.41, 5.74) is 1.68. The van der Waals surface area contributed by atoms with Gasteiger partial charge in [0.1, 0.15) is 11.6 Å². The lowest BCUT2D eigenvalue weighted by atomic mass is 10.1. The first-order valence-corrected chi connectivity index (χ1v) is 7.92. The van der Waals surface area contributed by atoms with E-state index in [0.717, 1.165) is 5.56 Å². The Morgan fingerprint density at radius 1 is 1.20 bits per heavy atom. The highest BCUT2D eigenvalue weighted by atomic mass is 16.5. The van der Waals surface area contributed by atoms with Crippen LogP contribution in [0.2, 0.25) is 0 Å². The molecule has 0 aliphatic heterocycles. The van der Waals surface area contributed by atoms with E-state index < -0.39 is 5.91 Å². The molecule has 2 aromatic carbocycles. The molecule has 0 aliphatic carbocycles. The van der Waals surface area contributed by atoms with Gasteiger partial charge in [-0.1, -0.05) is 36.4 Å². The molecule has 0 atom stereocenters. The Morgan fingerprint density at radius 2 is 1.96 bits per heavy atom. The molecule has 0 saturated heterocycles. The lowest BCUT2D eigenvalue weighted by Gasteiger charge is -2.10. The van der Waals surface area contributed by atoms with E-state index in [4.69, 9.17) is 9.47 Å². The standard InChI is InChI=1S/C20H20N2O3/c1-3-25-18-10-9-16(12-19(18)24-2)11-17(13-21)20(23)22-14-15-7-5-4-6-8-15/h4-12H,3,14H2,1-2H3,(H,22,23)/b17-11-. The van der Waals surface area contributed by atoms with Gasteiger partial charge in [0.05, 0.1) is 13.7 Å². The molecule has 0 fully saturated rings. The summed E-state index contributed by atoms with van der Waals surface area (Å²) in [5.74, 6) is 0.756. The molecule has 0 bridgehead atoms. The van der Waals surface area contributed by atoms with Crippen LogP contribution in [0.3, 0.4) is 0 Å². The third kappa shape index (κ3) is 5.11. The first-order valence-electron chi connectivity index (χ1n) is 7.92. The Labute approximate surface area is 147 Å². The van der Waals surface area contributed by atoms with Crippen molar-refractivity contribution in [1.29, 1.82) is 5.26 Å². The Morgan fingerprint density at radius 3 is 2.60 bits per heavy atom. The van der Waals surface area contributed by atoms with E-state index in [-0.39, 0.29) is 5.57 Å². The summed E-state index contributed by atoms with van der Waals surface area (Å²) in [4.78, 5) is 12.2. The zero-order valence-corrected chi connectivity index (χ0v) is 14.3. The zero-order chi connectivity index (χ0) is 18.1. The van der Waals surface area contributed by atoms with Crippen LogP contribution < -0.4 is 14.8 Å². The van der Waals surface area contributed by atoms with Gasteiger partial charge in [-0.05, 0) is 36.3 Å². The Kier molecular flexibility index (Phi) is 6.61. The van der Waals surface area contributed by atoms with E-state index in [9.17, 15) is 10.1 Å². The molecule has 2 aromatic rings. The molecule has 5 heteroatoms. The van der Waals surface area contributed by atoms with Gasteiger partial charge in [0.15, 0.2) is 11.5 Å². The number of nitrogens with one attached hydrogen (secondary N) is 1. The minimum atomic E-state index is -0.417. The van der Waals surface area contributed by atoms with E-state index in [1.165, 1.54) is 6.08 Å². The zero-order valence-electron chi connectivity index (χ0n) is 14.3. The van der Waals surface area contributed by atoms with Crippen molar-refractivity contribution in [3.05, 3.63) is 65.2 Å². The Bertz CT molecular complexity index is 792. The molecule has 0 unspecified atom stereocenters. The maximum atomic E-state index is 12.2. The lowest BCUT2D eigenvalue weighted by Crippen LogP contribution is -2.23. The molecule has 1 amide bonds. The second kappa shape index (κ2) is 9.14. The van der Waals surface area contributed by atoms with E-state index in [1.807, 2.05) is 43.3 Å². The van der Waals surface area contributed by atoms with Crippen molar-refractivity contribution in [2.45, 2.75) is 13.5 Å². The molecule has 0 spiro atoms. The van der Waals surface area contributed by atoms with Crippen molar-refractivity contribution in [2.75, 3.05) is 13.7 Å². The number of ether oxygens (including phenoxy) is 2. The van der Waals surface area contributed by atoms with E-state index in [2.05, 4.69) is 5.32 Å². The highest BCUT2D eigenvalue weighted by molar-refractivity contribution is 6.01. The maximum absolute atomic E-state index is 12.2. The molecule has 0 saturated carbocycles. The SMILES string of the molecule is CCOc1ccc(/C=C(/C#N)C(=O)NCc2ccccc2)cc1OC. The lowest BCUT2D eigenvalue weighted by molar-refractivity contribution is -0.117. The molecule has 0 aromatic heterocycles. The van der Waals surface area contributed by atoms with Crippen LogP contribution in [0.1, 0.15) is 18.1 Å². The summed E-state index contributed by atoms with van der Waals surface area (Å²) in [6.45, 7) is 2.78. The van der Waals surface area contributed by atoms with Gasteiger partial charge >= 0.3 is 0 Å². The number of nitrogens with zero attached hydrogens (tertiary/aromatic N) is 1. The van der Waals surface area contributed by atoms with Crippen LogP contribution in [0.4, 0.5) is 0 Å². The fourth-order valence-electron chi connectivity index (χ4n) is 2.24. The summed E-state index contributed by atoms with van der Waals surface area (Å²) in [7, 11) is 1.54. The average Bonchev–Trinajstić information content (AvgIpc) is 2.66. The number of nitriles is 1. The van der Waals surface area contributed by atoms with Gasteiger partial charge in [-0.15, -0.1) is 0 Å². The van der Waals surface area contributed by atoms with Gasteiger partial charge in [0, 0.05) is 6.54 Å². The minimum Gasteiger partial charge on any atom is -0.493 e. The highest BCUT2D eigenvalue weighted by Crippen LogP contribution is 2.28. The van der Waals surface area contributed by atoms with Crippen LogP contribution in [-0.2, 0) is 11.3 Å². The topological polar surface area (TPSA) is 71.3 Å². The second-order valence-electron chi connectivity index (χ2n) is 5.18. The summed E-state index contributed by atoms with van der Waals surface area (Å²) < 4.78 is 10.7. The third-order valence-electron chi connectivity index (χ3n) is 3.46. The van der Waals surface area contributed by atoms with Crippen LogP contribution in [0.15, 0.2) is 54.1 Å². The number of carbonyl (C=O) groups is 1. The van der Waals surface area contributed by atoms with Gasteiger partial charge in [-0.3, -0.25) is 4.79 Å². The molecular weight excluding hydrogens is 316 g/mol. The quantitative estimate of drug-likeness (QED) is 0.622. The van der Waals surface area contributed by atoms with E-state index >= 15 is 0 Å². The molecule has 128 valence electrons. The second-order valence-corrected chi connectivity index (χ2v) is 5.18. The van der Waals surface area contributed by atoms with Crippen LogP contribution in [0, 0.1) is 11.3 Å². The number of methoxy groups -OCH3 is 1. The Balaban J connectivity index is 2.13. The maximum Gasteiger partial charge on any atom is 0.262 e. The van der Waals surface area contributed by atoms with Gasteiger partial charge in [-0.2, -0.15) is 5.26 Å². The Hall–Kier alpha value is -3.26. The van der Waals surface area contributed by atoms with Crippen LogP contribution in [-0.4, -0.2) is 19.6 Å². The van der Waals surface area contributed by atoms with Gasteiger partial charge in [0.25, 0.3) is 5.91 Å². The summed E-state index contributed by atoms with van der Waals surface area (Å²) in [6.07, 6.45) is 1.53. The van der Waals surface area contributed by atoms with Gasteiger partial charge < -0.3 is 14.8 Å². The highest BCUT2D eigenvalue weighted by Gasteiger charge is 2.10. The first-order chi connectivity index (χ1) is 12.2. The van der Waals surface area contributed by atoms with Crippen LogP contribution in [0.25, 0.3) is 6.08 Å². The molecular formula is C20H20N2O3.